The van der Waals surface area contributed by atoms with E-state index in [9.17, 15) is 14.9 Å². The number of nitrogens with zero attached hydrogens (tertiary/aromatic N) is 2. The Balaban J connectivity index is 1.79. The molecule has 0 atom stereocenters. The first-order valence-corrected chi connectivity index (χ1v) is 9.33. The van der Waals surface area contributed by atoms with Crippen LogP contribution in [0.25, 0.3) is 21.9 Å². The van der Waals surface area contributed by atoms with Gasteiger partial charge in [-0.05, 0) is 57.8 Å². The fraction of sp³-hybridized carbons (Fsp3) is 0.125. The molecule has 2 N–H and O–H groups in total. The molecule has 0 saturated carbocycles. The highest BCUT2D eigenvalue weighted by Crippen LogP contribution is 2.34. The molecular formula is C24H19N3O3. The molecule has 3 aromatic rings. The van der Waals surface area contributed by atoms with Crippen LogP contribution in [0.1, 0.15) is 21.5 Å². The van der Waals surface area contributed by atoms with Crippen LogP contribution in [0.4, 0.5) is 0 Å². The molecule has 0 unspecified atom stereocenters. The Hall–Kier alpha value is -4.11. The zero-order valence-corrected chi connectivity index (χ0v) is 16.4. The minimum absolute atomic E-state index is 0.103. The molecule has 6 nitrogen and oxygen atoms in total. The summed E-state index contributed by atoms with van der Waals surface area (Å²) in [7, 11) is 1.56. The lowest BCUT2D eigenvalue weighted by atomic mass is 9.95. The van der Waals surface area contributed by atoms with Gasteiger partial charge in [-0.15, -0.1) is 0 Å². The highest BCUT2D eigenvalue weighted by molar-refractivity contribution is 6.05. The van der Waals surface area contributed by atoms with Crippen LogP contribution in [0.2, 0.25) is 0 Å². The van der Waals surface area contributed by atoms with E-state index < -0.39 is 5.91 Å². The molecule has 0 fully saturated rings. The maximum atomic E-state index is 12.8. The Labute approximate surface area is 173 Å². The third kappa shape index (κ3) is 3.27. The molecule has 1 heterocycles. The predicted octanol–water partition coefficient (Wildman–Crippen LogP) is 3.38. The Morgan fingerprint density at radius 1 is 1.20 bits per heavy atom. The zero-order valence-electron chi connectivity index (χ0n) is 16.4. The molecule has 30 heavy (non-hydrogen) atoms. The Morgan fingerprint density at radius 3 is 2.67 bits per heavy atom. The number of hydrogen-bond acceptors (Lipinski definition) is 4. The fourth-order valence-corrected chi connectivity index (χ4v) is 3.75. The van der Waals surface area contributed by atoms with Crippen LogP contribution in [0.15, 0.2) is 60.7 Å². The van der Waals surface area contributed by atoms with Crippen molar-refractivity contribution in [2.75, 3.05) is 13.7 Å². The van der Waals surface area contributed by atoms with Crippen molar-refractivity contribution in [3.63, 3.8) is 0 Å². The minimum atomic E-state index is -0.614. The largest absolute Gasteiger partial charge is 0.497 e. The highest BCUT2D eigenvalue weighted by atomic mass is 16.5. The van der Waals surface area contributed by atoms with Crippen LogP contribution in [-0.4, -0.2) is 30.4 Å². The maximum absolute atomic E-state index is 12.8. The molecule has 0 aromatic heterocycles. The molecule has 3 aromatic carbocycles. The maximum Gasteiger partial charge on any atom is 0.254 e. The lowest BCUT2D eigenvalue weighted by molar-refractivity contribution is -0.114. The van der Waals surface area contributed by atoms with Crippen molar-refractivity contribution < 1.29 is 14.3 Å². The van der Waals surface area contributed by atoms with Crippen LogP contribution in [-0.2, 0) is 11.3 Å². The lowest BCUT2D eigenvalue weighted by Crippen LogP contribution is -2.30. The first kappa shape index (κ1) is 19.2. The fourth-order valence-electron chi connectivity index (χ4n) is 3.75. The second-order valence-electron chi connectivity index (χ2n) is 7.22. The van der Waals surface area contributed by atoms with Gasteiger partial charge in [-0.2, -0.15) is 5.26 Å². The number of carbonyl (C=O) groups is 2. The number of amides is 2. The third-order valence-electron chi connectivity index (χ3n) is 5.33. The number of nitriles is 1. The summed E-state index contributed by atoms with van der Waals surface area (Å²) >= 11 is 0. The molecule has 0 aliphatic carbocycles. The molecular weight excluding hydrogens is 378 g/mol. The number of benzene rings is 3. The second kappa shape index (κ2) is 7.37. The zero-order chi connectivity index (χ0) is 21.4. The molecule has 6 heteroatoms. The van der Waals surface area contributed by atoms with Gasteiger partial charge in [-0.1, -0.05) is 24.8 Å². The van der Waals surface area contributed by atoms with Gasteiger partial charge in [0.2, 0.25) is 5.91 Å². The van der Waals surface area contributed by atoms with E-state index in [2.05, 4.69) is 12.6 Å². The monoisotopic (exact) mass is 397 g/mol. The van der Waals surface area contributed by atoms with Crippen LogP contribution < -0.4 is 10.5 Å². The average molecular weight is 397 g/mol. The third-order valence-corrected chi connectivity index (χ3v) is 5.33. The number of methoxy groups -OCH3 is 1. The van der Waals surface area contributed by atoms with Gasteiger partial charge >= 0.3 is 0 Å². The van der Waals surface area contributed by atoms with E-state index in [4.69, 9.17) is 10.5 Å². The summed E-state index contributed by atoms with van der Waals surface area (Å²) in [6, 6.07) is 17.2. The van der Waals surface area contributed by atoms with Crippen molar-refractivity contribution in [2.45, 2.75) is 6.54 Å². The number of fused-ring (bicyclic) bond motifs is 3. The summed E-state index contributed by atoms with van der Waals surface area (Å²) in [5, 5.41) is 11.3. The van der Waals surface area contributed by atoms with E-state index >= 15 is 0 Å². The molecule has 0 bridgehead atoms. The first-order chi connectivity index (χ1) is 14.4. The smallest absolute Gasteiger partial charge is 0.254 e. The quantitative estimate of drug-likeness (QED) is 0.668. The molecule has 0 spiro atoms. The summed E-state index contributed by atoms with van der Waals surface area (Å²) in [6.07, 6.45) is 0. The molecule has 1 aliphatic heterocycles. The number of carbonyl (C=O) groups excluding carboxylic acids is 2. The van der Waals surface area contributed by atoms with Gasteiger partial charge in [0.05, 0.1) is 25.3 Å². The molecule has 4 rings (SSSR count). The van der Waals surface area contributed by atoms with E-state index in [-0.39, 0.29) is 18.0 Å². The van der Waals surface area contributed by atoms with Gasteiger partial charge in [0.15, 0.2) is 0 Å². The second-order valence-corrected chi connectivity index (χ2v) is 7.22. The van der Waals surface area contributed by atoms with Gasteiger partial charge < -0.3 is 15.4 Å². The van der Waals surface area contributed by atoms with Crippen molar-refractivity contribution in [2.24, 2.45) is 5.73 Å². The number of hydrogen-bond donors (Lipinski definition) is 1. The topological polar surface area (TPSA) is 96.4 Å². The molecule has 0 saturated heterocycles. The summed E-state index contributed by atoms with van der Waals surface area (Å²) in [4.78, 5) is 25.7. The number of ether oxygens (including phenoxy) is 1. The SMILES string of the molecule is C=C(CN1Cc2c(ccc3ccc(-c4cc(C#N)cc(OC)c4)cc23)C1=O)C(N)=O. The molecule has 1 aliphatic rings. The van der Waals surface area contributed by atoms with Crippen molar-refractivity contribution >= 4 is 22.6 Å². The normalized spacial score (nSPS) is 12.5. The Bertz CT molecular complexity index is 1270. The standard InChI is InChI=1S/C24H19N3O3/c1-14(23(26)28)12-27-13-22-20(24(27)29)6-5-16-3-4-17(10-21(16)22)18-7-15(11-25)8-19(9-18)30-2/h3-10H,1,12-13H2,2H3,(H2,26,28). The number of primary amides is 1. The van der Waals surface area contributed by atoms with E-state index in [1.54, 1.807) is 24.1 Å². The van der Waals surface area contributed by atoms with Crippen LogP contribution in [0.5, 0.6) is 5.75 Å². The summed E-state index contributed by atoms with van der Waals surface area (Å²) in [5.41, 5.74) is 9.27. The molecule has 0 radical (unpaired) electrons. The van der Waals surface area contributed by atoms with Gasteiger partial charge in [0, 0.05) is 17.7 Å². The first-order valence-electron chi connectivity index (χ1n) is 9.33. The van der Waals surface area contributed by atoms with Crippen LogP contribution >= 0.6 is 0 Å². The van der Waals surface area contributed by atoms with Gasteiger partial charge in [0.1, 0.15) is 5.75 Å². The summed E-state index contributed by atoms with van der Waals surface area (Å²) in [6.45, 7) is 4.14. The van der Waals surface area contributed by atoms with Crippen molar-refractivity contribution in [3.8, 4) is 22.9 Å². The van der Waals surface area contributed by atoms with Gasteiger partial charge in [-0.3, -0.25) is 9.59 Å². The van der Waals surface area contributed by atoms with Crippen LogP contribution in [0, 0.1) is 11.3 Å². The van der Waals surface area contributed by atoms with Crippen LogP contribution in [0.3, 0.4) is 0 Å². The summed E-state index contributed by atoms with van der Waals surface area (Å²) < 4.78 is 5.32. The van der Waals surface area contributed by atoms with E-state index in [0.29, 0.717) is 23.4 Å². The van der Waals surface area contributed by atoms with Crippen molar-refractivity contribution in [1.82, 2.24) is 4.90 Å². The van der Waals surface area contributed by atoms with Crippen molar-refractivity contribution in [3.05, 3.63) is 77.4 Å². The van der Waals surface area contributed by atoms with E-state index in [1.807, 2.05) is 36.4 Å². The Morgan fingerprint density at radius 2 is 1.97 bits per heavy atom. The van der Waals surface area contributed by atoms with Gasteiger partial charge in [0.25, 0.3) is 5.91 Å². The van der Waals surface area contributed by atoms with E-state index in [1.165, 1.54) is 0 Å². The Kier molecular flexibility index (Phi) is 4.72. The highest BCUT2D eigenvalue weighted by Gasteiger charge is 2.29. The predicted molar refractivity (Wildman–Crippen MR) is 114 cm³/mol. The average Bonchev–Trinajstić information content (AvgIpc) is 3.08. The lowest BCUT2D eigenvalue weighted by Gasteiger charge is -2.15. The minimum Gasteiger partial charge on any atom is -0.497 e. The van der Waals surface area contributed by atoms with Gasteiger partial charge in [-0.25, -0.2) is 0 Å². The summed E-state index contributed by atoms with van der Waals surface area (Å²) in [5.74, 6) is -0.154. The number of nitrogens with two attached hydrogens (primary N) is 1. The van der Waals surface area contributed by atoms with Crippen molar-refractivity contribution in [1.29, 1.82) is 5.26 Å². The molecule has 2 amide bonds. The van der Waals surface area contributed by atoms with E-state index in [0.717, 1.165) is 27.5 Å². The number of rotatable bonds is 5. The molecule has 148 valence electrons.